The summed E-state index contributed by atoms with van der Waals surface area (Å²) in [6.45, 7) is -0.575. The Morgan fingerprint density at radius 3 is 2.56 bits per heavy atom. The van der Waals surface area contributed by atoms with Gasteiger partial charge < -0.3 is 14.6 Å². The van der Waals surface area contributed by atoms with Gasteiger partial charge in [0.05, 0.1) is 0 Å². The van der Waals surface area contributed by atoms with E-state index in [0.717, 1.165) is 4.47 Å². The predicted molar refractivity (Wildman–Crippen MR) is 65.3 cm³/mol. The third kappa shape index (κ3) is 2.70. The highest BCUT2D eigenvalue weighted by molar-refractivity contribution is 9.10. The standard InChI is InChI=1S/C12H9BrO5/c13-7-1-3-8(4-2-7)17-5-9(14)11-10(15)6-18-12(11)16/h1-4,14H,5-6H2/b11-9-. The number of ketones is 1. The largest absolute Gasteiger partial charge is 0.508 e. The Morgan fingerprint density at radius 2 is 2.00 bits per heavy atom. The van der Waals surface area contributed by atoms with Crippen LogP contribution in [-0.4, -0.2) is 30.1 Å². The molecule has 0 bridgehead atoms. The van der Waals surface area contributed by atoms with Gasteiger partial charge in [0.2, 0.25) is 5.78 Å². The summed E-state index contributed by atoms with van der Waals surface area (Å²) >= 11 is 3.27. The maximum Gasteiger partial charge on any atom is 0.345 e. The maximum absolute atomic E-state index is 11.3. The third-order valence-corrected chi connectivity index (χ3v) is 2.82. The summed E-state index contributed by atoms with van der Waals surface area (Å²) in [5.41, 5.74) is -0.327. The summed E-state index contributed by atoms with van der Waals surface area (Å²) in [5, 5.41) is 9.63. The molecule has 94 valence electrons. The molecule has 0 amide bonds. The molecule has 0 aromatic heterocycles. The fourth-order valence-electron chi connectivity index (χ4n) is 1.42. The number of hydrogen-bond acceptors (Lipinski definition) is 5. The van der Waals surface area contributed by atoms with Gasteiger partial charge in [-0.1, -0.05) is 15.9 Å². The lowest BCUT2D eigenvalue weighted by atomic mass is 10.2. The van der Waals surface area contributed by atoms with Crippen LogP contribution in [0.2, 0.25) is 0 Å². The molecule has 1 aromatic carbocycles. The molecule has 1 N–H and O–H groups in total. The average Bonchev–Trinajstić information content (AvgIpc) is 2.68. The topological polar surface area (TPSA) is 72.8 Å². The molecule has 2 rings (SSSR count). The lowest BCUT2D eigenvalue weighted by molar-refractivity contribution is -0.135. The van der Waals surface area contributed by atoms with E-state index in [2.05, 4.69) is 20.7 Å². The number of esters is 1. The Kier molecular flexibility index (Phi) is 3.66. The van der Waals surface area contributed by atoms with E-state index in [1.165, 1.54) is 0 Å². The van der Waals surface area contributed by atoms with E-state index in [-0.39, 0.29) is 18.8 Å². The number of aliphatic hydroxyl groups excluding tert-OH is 1. The summed E-state index contributed by atoms with van der Waals surface area (Å²) in [4.78, 5) is 22.4. The molecule has 1 aliphatic heterocycles. The van der Waals surface area contributed by atoms with Gasteiger partial charge in [-0.05, 0) is 24.3 Å². The van der Waals surface area contributed by atoms with Crippen LogP contribution >= 0.6 is 15.9 Å². The van der Waals surface area contributed by atoms with Crippen LogP contribution in [0.3, 0.4) is 0 Å². The minimum atomic E-state index is -0.808. The molecule has 0 spiro atoms. The van der Waals surface area contributed by atoms with Gasteiger partial charge in [-0.3, -0.25) is 4.79 Å². The van der Waals surface area contributed by atoms with E-state index in [9.17, 15) is 14.7 Å². The second kappa shape index (κ2) is 5.22. The lowest BCUT2D eigenvalue weighted by Crippen LogP contribution is -2.11. The number of cyclic esters (lactones) is 1. The van der Waals surface area contributed by atoms with Crippen LogP contribution < -0.4 is 4.74 Å². The van der Waals surface area contributed by atoms with Gasteiger partial charge in [0.25, 0.3) is 0 Å². The molecule has 0 saturated carbocycles. The van der Waals surface area contributed by atoms with E-state index in [4.69, 9.17) is 4.74 Å². The Bertz CT molecular complexity index is 500. The molecular weight excluding hydrogens is 304 g/mol. The molecule has 1 saturated heterocycles. The van der Waals surface area contributed by atoms with Crippen molar-refractivity contribution in [2.24, 2.45) is 0 Å². The van der Waals surface area contributed by atoms with Gasteiger partial charge in [-0.2, -0.15) is 0 Å². The number of Topliss-reactive ketones (excluding diaryl/α,β-unsaturated/α-hetero) is 1. The van der Waals surface area contributed by atoms with Crippen LogP contribution in [-0.2, 0) is 14.3 Å². The van der Waals surface area contributed by atoms with E-state index in [1.807, 2.05) is 0 Å². The molecule has 0 atom stereocenters. The highest BCUT2D eigenvalue weighted by atomic mass is 79.9. The Hall–Kier alpha value is -1.82. The van der Waals surface area contributed by atoms with Crippen molar-refractivity contribution >= 4 is 27.7 Å². The minimum absolute atomic E-state index is 0.252. The zero-order valence-electron chi connectivity index (χ0n) is 9.18. The molecule has 0 aliphatic carbocycles. The normalized spacial score (nSPS) is 17.6. The second-order valence-electron chi connectivity index (χ2n) is 3.56. The van der Waals surface area contributed by atoms with Crippen molar-refractivity contribution in [3.63, 3.8) is 0 Å². The van der Waals surface area contributed by atoms with Gasteiger partial charge in [-0.25, -0.2) is 4.79 Å². The van der Waals surface area contributed by atoms with Crippen molar-refractivity contribution < 1.29 is 24.2 Å². The summed E-state index contributed by atoms with van der Waals surface area (Å²) < 4.78 is 10.6. The molecule has 1 aromatic rings. The Labute approximate surface area is 111 Å². The second-order valence-corrected chi connectivity index (χ2v) is 4.48. The zero-order chi connectivity index (χ0) is 13.1. The third-order valence-electron chi connectivity index (χ3n) is 2.30. The molecule has 1 aliphatic rings. The maximum atomic E-state index is 11.3. The Balaban J connectivity index is 2.06. The number of ether oxygens (including phenoxy) is 2. The monoisotopic (exact) mass is 312 g/mol. The predicted octanol–water partition coefficient (Wildman–Crippen LogP) is 1.77. The van der Waals surface area contributed by atoms with Gasteiger partial charge in [0, 0.05) is 4.47 Å². The van der Waals surface area contributed by atoms with E-state index in [1.54, 1.807) is 24.3 Å². The molecule has 5 nitrogen and oxygen atoms in total. The van der Waals surface area contributed by atoms with E-state index in [0.29, 0.717) is 5.75 Å². The van der Waals surface area contributed by atoms with Crippen LogP contribution in [0.25, 0.3) is 0 Å². The first-order valence-electron chi connectivity index (χ1n) is 5.08. The quantitative estimate of drug-likeness (QED) is 0.398. The molecule has 1 heterocycles. The minimum Gasteiger partial charge on any atom is -0.508 e. The van der Waals surface area contributed by atoms with E-state index < -0.39 is 17.5 Å². The number of carbonyl (C=O) groups excluding carboxylic acids is 2. The molecule has 0 unspecified atom stereocenters. The molecule has 0 radical (unpaired) electrons. The van der Waals surface area contributed by atoms with Crippen molar-refractivity contribution in [3.8, 4) is 5.75 Å². The summed E-state index contributed by atoms with van der Waals surface area (Å²) in [6.07, 6.45) is 0. The number of carbonyl (C=O) groups is 2. The van der Waals surface area contributed by atoms with Crippen molar-refractivity contribution in [2.45, 2.75) is 0 Å². The number of hydrogen-bond donors (Lipinski definition) is 1. The molecular formula is C12H9BrO5. The van der Waals surface area contributed by atoms with Gasteiger partial charge in [0.15, 0.2) is 6.61 Å². The average molecular weight is 313 g/mol. The fraction of sp³-hybridized carbons (Fsp3) is 0.167. The fourth-order valence-corrected chi connectivity index (χ4v) is 1.69. The number of rotatable bonds is 3. The Morgan fingerprint density at radius 1 is 1.33 bits per heavy atom. The van der Waals surface area contributed by atoms with Gasteiger partial charge >= 0.3 is 5.97 Å². The van der Waals surface area contributed by atoms with Crippen molar-refractivity contribution in [1.29, 1.82) is 0 Å². The van der Waals surface area contributed by atoms with Gasteiger partial charge in [0.1, 0.15) is 23.7 Å². The first kappa shape index (κ1) is 12.6. The van der Waals surface area contributed by atoms with Crippen LogP contribution in [0.1, 0.15) is 0 Å². The van der Waals surface area contributed by atoms with Crippen LogP contribution in [0, 0.1) is 0 Å². The zero-order valence-corrected chi connectivity index (χ0v) is 10.8. The van der Waals surface area contributed by atoms with Crippen molar-refractivity contribution in [1.82, 2.24) is 0 Å². The molecule has 1 fully saturated rings. The van der Waals surface area contributed by atoms with Crippen LogP contribution in [0.5, 0.6) is 5.75 Å². The SMILES string of the molecule is O=C1COC(=O)/C1=C(\O)COc1ccc(Br)cc1. The highest BCUT2D eigenvalue weighted by Gasteiger charge is 2.32. The van der Waals surface area contributed by atoms with Crippen LogP contribution in [0.15, 0.2) is 40.1 Å². The van der Waals surface area contributed by atoms with Gasteiger partial charge in [-0.15, -0.1) is 0 Å². The van der Waals surface area contributed by atoms with Crippen molar-refractivity contribution in [2.75, 3.05) is 13.2 Å². The first-order chi connectivity index (χ1) is 8.58. The molecule has 6 heteroatoms. The highest BCUT2D eigenvalue weighted by Crippen LogP contribution is 2.18. The summed E-state index contributed by atoms with van der Waals surface area (Å²) in [5.74, 6) is -1.23. The number of halogens is 1. The number of benzene rings is 1. The molecule has 18 heavy (non-hydrogen) atoms. The van der Waals surface area contributed by atoms with Crippen LogP contribution in [0.4, 0.5) is 0 Å². The van der Waals surface area contributed by atoms with Crippen molar-refractivity contribution in [3.05, 3.63) is 40.1 Å². The lowest BCUT2D eigenvalue weighted by Gasteiger charge is -2.06. The number of aliphatic hydroxyl groups is 1. The summed E-state index contributed by atoms with van der Waals surface area (Å²) in [7, 11) is 0. The first-order valence-corrected chi connectivity index (χ1v) is 5.88. The smallest absolute Gasteiger partial charge is 0.345 e. The van der Waals surface area contributed by atoms with E-state index >= 15 is 0 Å². The summed E-state index contributed by atoms with van der Waals surface area (Å²) in [6, 6.07) is 6.93.